The highest BCUT2D eigenvalue weighted by atomic mass is 35.5. The van der Waals surface area contributed by atoms with Gasteiger partial charge in [0.25, 0.3) is 0 Å². The number of aliphatic hydroxyl groups excluding tert-OH is 1. The highest BCUT2D eigenvalue weighted by molar-refractivity contribution is 6.30. The Kier molecular flexibility index (Phi) is 5.29. The minimum atomic E-state index is -0.345. The van der Waals surface area contributed by atoms with Gasteiger partial charge in [-0.25, -0.2) is 0 Å². The van der Waals surface area contributed by atoms with E-state index >= 15 is 0 Å². The SMILES string of the molecule is O[C@@H]1COC[C@H]1N1CCCN(CC2=Cc3cc(Cl)ccc3OC2)CC1. The van der Waals surface area contributed by atoms with Crippen molar-refractivity contribution in [2.75, 3.05) is 52.5 Å². The Hall–Kier alpha value is -1.11. The van der Waals surface area contributed by atoms with E-state index in [1.807, 2.05) is 18.2 Å². The van der Waals surface area contributed by atoms with E-state index in [4.69, 9.17) is 21.1 Å². The fraction of sp³-hybridized carbons (Fsp3) is 0.579. The lowest BCUT2D eigenvalue weighted by Crippen LogP contribution is -2.45. The van der Waals surface area contributed by atoms with Gasteiger partial charge in [-0.15, -0.1) is 0 Å². The van der Waals surface area contributed by atoms with Crippen molar-refractivity contribution >= 4 is 17.7 Å². The Morgan fingerprint density at radius 3 is 2.92 bits per heavy atom. The van der Waals surface area contributed by atoms with E-state index in [1.54, 1.807) is 0 Å². The van der Waals surface area contributed by atoms with Crippen molar-refractivity contribution in [3.63, 3.8) is 0 Å². The molecule has 0 amide bonds. The van der Waals surface area contributed by atoms with Gasteiger partial charge in [0.2, 0.25) is 0 Å². The maximum Gasteiger partial charge on any atom is 0.127 e. The number of fused-ring (bicyclic) bond motifs is 1. The molecule has 2 saturated heterocycles. The molecule has 3 aliphatic heterocycles. The van der Waals surface area contributed by atoms with E-state index in [1.165, 1.54) is 5.57 Å². The van der Waals surface area contributed by atoms with Crippen LogP contribution < -0.4 is 4.74 Å². The Morgan fingerprint density at radius 1 is 1.16 bits per heavy atom. The molecule has 0 aliphatic carbocycles. The molecule has 0 aromatic heterocycles. The molecule has 25 heavy (non-hydrogen) atoms. The van der Waals surface area contributed by atoms with Crippen molar-refractivity contribution in [2.45, 2.75) is 18.6 Å². The second-order valence-corrected chi connectivity index (χ2v) is 7.55. The molecule has 2 fully saturated rings. The number of hydrogen-bond acceptors (Lipinski definition) is 5. The van der Waals surface area contributed by atoms with Gasteiger partial charge in [-0.2, -0.15) is 0 Å². The topological polar surface area (TPSA) is 45.2 Å². The maximum absolute atomic E-state index is 10.1. The maximum atomic E-state index is 10.1. The number of rotatable bonds is 3. The number of ether oxygens (including phenoxy) is 2. The van der Waals surface area contributed by atoms with Gasteiger partial charge in [-0.05, 0) is 49.4 Å². The number of aliphatic hydroxyl groups is 1. The molecule has 0 spiro atoms. The van der Waals surface area contributed by atoms with Gasteiger partial charge in [0.15, 0.2) is 0 Å². The van der Waals surface area contributed by atoms with Crippen LogP contribution in [-0.4, -0.2) is 79.6 Å². The summed E-state index contributed by atoms with van der Waals surface area (Å²) >= 11 is 6.10. The van der Waals surface area contributed by atoms with Crippen molar-refractivity contribution in [3.8, 4) is 5.75 Å². The largest absolute Gasteiger partial charge is 0.489 e. The summed E-state index contributed by atoms with van der Waals surface area (Å²) in [5.41, 5.74) is 2.35. The van der Waals surface area contributed by atoms with Gasteiger partial charge >= 0.3 is 0 Å². The molecule has 1 aromatic rings. The second kappa shape index (κ2) is 7.64. The molecule has 1 N–H and O–H groups in total. The predicted molar refractivity (Wildman–Crippen MR) is 98.2 cm³/mol. The zero-order valence-electron chi connectivity index (χ0n) is 14.4. The molecular formula is C19H25ClN2O3. The van der Waals surface area contributed by atoms with E-state index in [0.29, 0.717) is 19.8 Å². The summed E-state index contributed by atoms with van der Waals surface area (Å²) in [5, 5.41) is 10.8. The Bertz CT molecular complexity index is 652. The summed E-state index contributed by atoms with van der Waals surface area (Å²) in [6, 6.07) is 5.92. The van der Waals surface area contributed by atoms with Gasteiger partial charge in [-0.3, -0.25) is 9.80 Å². The fourth-order valence-corrected chi connectivity index (χ4v) is 4.12. The van der Waals surface area contributed by atoms with Gasteiger partial charge in [-0.1, -0.05) is 11.6 Å². The first-order chi connectivity index (χ1) is 12.2. The van der Waals surface area contributed by atoms with Crippen LogP contribution in [0, 0.1) is 0 Å². The molecule has 3 aliphatic rings. The minimum absolute atomic E-state index is 0.159. The summed E-state index contributed by atoms with van der Waals surface area (Å²) in [4.78, 5) is 4.87. The van der Waals surface area contributed by atoms with Gasteiger partial charge in [0.05, 0.1) is 25.4 Å². The Balaban J connectivity index is 1.37. The fourth-order valence-electron chi connectivity index (χ4n) is 3.94. The summed E-state index contributed by atoms with van der Waals surface area (Å²) in [6.45, 7) is 6.75. The van der Waals surface area contributed by atoms with Crippen LogP contribution in [0.25, 0.3) is 6.08 Å². The lowest BCUT2D eigenvalue weighted by atomic mass is 10.1. The van der Waals surface area contributed by atoms with Crippen LogP contribution in [0.1, 0.15) is 12.0 Å². The average molecular weight is 365 g/mol. The zero-order chi connectivity index (χ0) is 17.2. The first-order valence-electron chi connectivity index (χ1n) is 9.03. The molecule has 0 radical (unpaired) electrons. The van der Waals surface area contributed by atoms with Gasteiger partial charge in [0.1, 0.15) is 12.4 Å². The first-order valence-corrected chi connectivity index (χ1v) is 9.41. The molecule has 0 bridgehead atoms. The van der Waals surface area contributed by atoms with Gasteiger partial charge in [0, 0.05) is 30.2 Å². The molecule has 136 valence electrons. The van der Waals surface area contributed by atoms with Crippen LogP contribution >= 0.6 is 11.6 Å². The average Bonchev–Trinajstić information content (AvgIpc) is 2.89. The van der Waals surface area contributed by atoms with Crippen LogP contribution in [0.3, 0.4) is 0 Å². The normalized spacial score (nSPS) is 28.2. The summed E-state index contributed by atoms with van der Waals surface area (Å²) in [6.07, 6.45) is 2.98. The lowest BCUT2D eigenvalue weighted by molar-refractivity contribution is 0.0840. The van der Waals surface area contributed by atoms with Crippen molar-refractivity contribution in [3.05, 3.63) is 34.4 Å². The van der Waals surface area contributed by atoms with Crippen molar-refractivity contribution in [1.29, 1.82) is 0 Å². The Morgan fingerprint density at radius 2 is 2.08 bits per heavy atom. The third-order valence-corrected chi connectivity index (χ3v) is 5.52. The molecule has 0 unspecified atom stereocenters. The highest BCUT2D eigenvalue weighted by Crippen LogP contribution is 2.29. The summed E-state index contributed by atoms with van der Waals surface area (Å²) in [5.74, 6) is 0.908. The van der Waals surface area contributed by atoms with Crippen LogP contribution in [-0.2, 0) is 4.74 Å². The molecule has 4 rings (SSSR count). The molecule has 3 heterocycles. The van der Waals surface area contributed by atoms with Crippen LogP contribution in [0.5, 0.6) is 5.75 Å². The highest BCUT2D eigenvalue weighted by Gasteiger charge is 2.32. The van der Waals surface area contributed by atoms with Crippen LogP contribution in [0.15, 0.2) is 23.8 Å². The third-order valence-electron chi connectivity index (χ3n) is 5.28. The molecular weight excluding hydrogens is 340 g/mol. The molecule has 6 heteroatoms. The number of nitrogens with zero attached hydrogens (tertiary/aromatic N) is 2. The quantitative estimate of drug-likeness (QED) is 0.887. The van der Waals surface area contributed by atoms with E-state index in [2.05, 4.69) is 15.9 Å². The lowest BCUT2D eigenvalue weighted by Gasteiger charge is -2.28. The standard InChI is InChI=1S/C19H25ClN2O3/c20-16-2-3-19-15(9-16)8-14(11-25-19)10-21-4-1-5-22(7-6-21)17-12-24-13-18(17)23/h2-3,8-9,17-18,23H,1,4-7,10-13H2/t17-,18-/m1/s1. The smallest absolute Gasteiger partial charge is 0.127 e. The monoisotopic (exact) mass is 364 g/mol. The van der Waals surface area contributed by atoms with Crippen molar-refractivity contribution in [2.24, 2.45) is 0 Å². The summed E-state index contributed by atoms with van der Waals surface area (Å²) < 4.78 is 11.3. The zero-order valence-corrected chi connectivity index (χ0v) is 15.1. The molecule has 1 aromatic carbocycles. The van der Waals surface area contributed by atoms with E-state index < -0.39 is 0 Å². The predicted octanol–water partition coefficient (Wildman–Crippen LogP) is 1.88. The number of hydrogen-bond donors (Lipinski definition) is 1. The second-order valence-electron chi connectivity index (χ2n) is 7.11. The Labute approximate surface area is 153 Å². The molecule has 0 saturated carbocycles. The summed E-state index contributed by atoms with van der Waals surface area (Å²) in [7, 11) is 0. The van der Waals surface area contributed by atoms with Crippen molar-refractivity contribution in [1.82, 2.24) is 9.80 Å². The molecule has 2 atom stereocenters. The third kappa shape index (κ3) is 4.01. The minimum Gasteiger partial charge on any atom is -0.489 e. The van der Waals surface area contributed by atoms with E-state index in [0.717, 1.165) is 55.5 Å². The first kappa shape index (κ1) is 17.3. The van der Waals surface area contributed by atoms with E-state index in [9.17, 15) is 5.11 Å². The number of benzene rings is 1. The van der Waals surface area contributed by atoms with E-state index in [-0.39, 0.29) is 12.1 Å². The van der Waals surface area contributed by atoms with Crippen LogP contribution in [0.2, 0.25) is 5.02 Å². The number of halogens is 1. The molecule has 5 nitrogen and oxygen atoms in total. The van der Waals surface area contributed by atoms with Crippen molar-refractivity contribution < 1.29 is 14.6 Å². The van der Waals surface area contributed by atoms with Crippen LogP contribution in [0.4, 0.5) is 0 Å². The van der Waals surface area contributed by atoms with Gasteiger partial charge < -0.3 is 14.6 Å².